The molecule has 0 aromatic heterocycles. The van der Waals surface area contributed by atoms with Crippen molar-refractivity contribution in [2.45, 2.75) is 30.9 Å². The summed E-state index contributed by atoms with van der Waals surface area (Å²) in [6.07, 6.45) is 0. The molecule has 1 atom stereocenters. The molecule has 27 heavy (non-hydrogen) atoms. The van der Waals surface area contributed by atoms with Crippen LogP contribution in [0.15, 0.2) is 59.5 Å². The van der Waals surface area contributed by atoms with E-state index in [1.807, 2.05) is 43.3 Å². The first-order valence-corrected chi connectivity index (χ1v) is 10.4. The van der Waals surface area contributed by atoms with Gasteiger partial charge in [-0.1, -0.05) is 51.1 Å². The minimum atomic E-state index is -3.66. The van der Waals surface area contributed by atoms with Gasteiger partial charge in [-0.2, -0.15) is 0 Å². The fourth-order valence-electron chi connectivity index (χ4n) is 2.62. The van der Waals surface area contributed by atoms with Gasteiger partial charge in [0.25, 0.3) is 0 Å². The van der Waals surface area contributed by atoms with Crippen LogP contribution in [0.4, 0.5) is 5.69 Å². The maximum absolute atomic E-state index is 13.3. The Morgan fingerprint density at radius 1 is 1.00 bits per heavy atom. The lowest BCUT2D eigenvalue weighted by atomic mass is 9.95. The highest BCUT2D eigenvalue weighted by molar-refractivity contribution is 7.91. The second-order valence-corrected chi connectivity index (χ2v) is 9.92. The third-order valence-electron chi connectivity index (χ3n) is 4.36. The zero-order valence-corrected chi connectivity index (χ0v) is 17.4. The molecule has 6 heteroatoms. The quantitative estimate of drug-likeness (QED) is 0.823. The second kappa shape index (κ2) is 8.13. The Balaban J connectivity index is 2.41. The van der Waals surface area contributed by atoms with Gasteiger partial charge in [0.15, 0.2) is 9.84 Å². The predicted molar refractivity (Wildman–Crippen MR) is 110 cm³/mol. The molecule has 2 aromatic carbocycles. The number of benzene rings is 2. The lowest BCUT2D eigenvalue weighted by Crippen LogP contribution is -2.38. The zero-order chi connectivity index (χ0) is 20.2. The van der Waals surface area contributed by atoms with Crippen molar-refractivity contribution in [3.8, 4) is 0 Å². The van der Waals surface area contributed by atoms with E-state index in [-0.39, 0.29) is 17.3 Å². The number of nitrogens with zero attached hydrogens (tertiary/aromatic N) is 1. The van der Waals surface area contributed by atoms with Gasteiger partial charge in [0.2, 0.25) is 5.91 Å². The van der Waals surface area contributed by atoms with E-state index in [0.717, 1.165) is 5.69 Å². The van der Waals surface area contributed by atoms with Crippen LogP contribution in [0.1, 0.15) is 31.6 Å². The van der Waals surface area contributed by atoms with Gasteiger partial charge in [-0.3, -0.25) is 4.79 Å². The van der Waals surface area contributed by atoms with E-state index in [0.29, 0.717) is 5.56 Å². The van der Waals surface area contributed by atoms with Crippen molar-refractivity contribution in [2.24, 2.45) is 5.41 Å². The molecule has 146 valence electrons. The molecule has 2 aromatic rings. The number of carbonyl (C=O) groups excluding carboxylic acids is 1. The van der Waals surface area contributed by atoms with Crippen LogP contribution >= 0.6 is 0 Å². The Kier molecular flexibility index (Phi) is 6.31. The SMILES string of the molecule is CN(C)c1ccc([C@H](CNC(=O)C(C)(C)C)S(=O)(=O)c2ccccc2)cc1. The first-order valence-electron chi connectivity index (χ1n) is 8.88. The van der Waals surface area contributed by atoms with E-state index in [2.05, 4.69) is 5.32 Å². The number of amides is 1. The summed E-state index contributed by atoms with van der Waals surface area (Å²) in [7, 11) is 0.198. The fraction of sp³-hybridized carbons (Fsp3) is 0.381. The van der Waals surface area contributed by atoms with Gasteiger partial charge < -0.3 is 10.2 Å². The molecule has 5 nitrogen and oxygen atoms in total. The topological polar surface area (TPSA) is 66.5 Å². The summed E-state index contributed by atoms with van der Waals surface area (Å²) in [6, 6.07) is 15.7. The number of hydrogen-bond acceptors (Lipinski definition) is 4. The van der Waals surface area contributed by atoms with E-state index < -0.39 is 20.5 Å². The molecule has 0 spiro atoms. The molecule has 2 rings (SSSR count). The van der Waals surface area contributed by atoms with Crippen LogP contribution in [0.5, 0.6) is 0 Å². The summed E-state index contributed by atoms with van der Waals surface area (Å²) in [5.74, 6) is -0.180. The van der Waals surface area contributed by atoms with Crippen LogP contribution in [-0.2, 0) is 14.6 Å². The largest absolute Gasteiger partial charge is 0.378 e. The fourth-order valence-corrected chi connectivity index (χ4v) is 4.30. The summed E-state index contributed by atoms with van der Waals surface area (Å²) < 4.78 is 26.5. The van der Waals surface area contributed by atoms with Crippen LogP contribution in [0.3, 0.4) is 0 Å². The summed E-state index contributed by atoms with van der Waals surface area (Å²) in [4.78, 5) is 14.5. The van der Waals surface area contributed by atoms with Crippen molar-refractivity contribution in [3.63, 3.8) is 0 Å². The normalized spacial score (nSPS) is 13.1. The molecule has 0 bridgehead atoms. The standard InChI is InChI=1S/C21H28N2O3S/c1-21(2,3)20(24)22-15-19(16-11-13-17(14-12-16)23(4)5)27(25,26)18-9-7-6-8-10-18/h6-14,19H,15H2,1-5H3,(H,22,24)/t19-/m0/s1. The molecule has 0 unspecified atom stereocenters. The first-order chi connectivity index (χ1) is 12.5. The average molecular weight is 389 g/mol. The Bertz CT molecular complexity index is 868. The molecule has 0 aliphatic rings. The zero-order valence-electron chi connectivity index (χ0n) is 16.6. The molecule has 1 N–H and O–H groups in total. The third kappa shape index (κ3) is 5.10. The second-order valence-electron chi connectivity index (χ2n) is 7.79. The van der Waals surface area contributed by atoms with Crippen molar-refractivity contribution in [1.82, 2.24) is 5.32 Å². The number of sulfone groups is 1. The molecule has 0 saturated carbocycles. The van der Waals surface area contributed by atoms with Gasteiger partial charge in [-0.05, 0) is 29.8 Å². The molecule has 0 aliphatic carbocycles. The molecular weight excluding hydrogens is 360 g/mol. The Hall–Kier alpha value is -2.34. The lowest BCUT2D eigenvalue weighted by Gasteiger charge is -2.23. The number of rotatable bonds is 6. The Morgan fingerprint density at radius 3 is 2.04 bits per heavy atom. The molecule has 0 fully saturated rings. The predicted octanol–water partition coefficient (Wildman–Crippen LogP) is 3.43. The van der Waals surface area contributed by atoms with Gasteiger partial charge in [-0.15, -0.1) is 0 Å². The highest BCUT2D eigenvalue weighted by Gasteiger charge is 2.31. The monoisotopic (exact) mass is 388 g/mol. The van der Waals surface area contributed by atoms with Gasteiger partial charge in [0.05, 0.1) is 4.90 Å². The highest BCUT2D eigenvalue weighted by atomic mass is 32.2. The third-order valence-corrected chi connectivity index (χ3v) is 6.47. The van der Waals surface area contributed by atoms with Gasteiger partial charge in [0.1, 0.15) is 5.25 Å². The van der Waals surface area contributed by atoms with Crippen molar-refractivity contribution < 1.29 is 13.2 Å². The number of carbonyl (C=O) groups is 1. The Labute approximate surface area is 162 Å². The minimum Gasteiger partial charge on any atom is -0.378 e. The summed E-state index contributed by atoms with van der Waals surface area (Å²) in [6.45, 7) is 5.42. The number of hydrogen-bond donors (Lipinski definition) is 1. The van der Waals surface area contributed by atoms with Gasteiger partial charge in [-0.25, -0.2) is 8.42 Å². The van der Waals surface area contributed by atoms with Crippen molar-refractivity contribution in [3.05, 3.63) is 60.2 Å². The average Bonchev–Trinajstić information content (AvgIpc) is 2.62. The molecule has 1 amide bonds. The molecule has 0 saturated heterocycles. The smallest absolute Gasteiger partial charge is 0.225 e. The summed E-state index contributed by atoms with van der Waals surface area (Å²) in [5, 5.41) is 1.95. The Morgan fingerprint density at radius 2 is 1.56 bits per heavy atom. The molecule has 0 aliphatic heterocycles. The van der Waals surface area contributed by atoms with Crippen molar-refractivity contribution in [2.75, 3.05) is 25.5 Å². The van der Waals surface area contributed by atoms with Crippen molar-refractivity contribution >= 4 is 21.4 Å². The van der Waals surface area contributed by atoms with Gasteiger partial charge >= 0.3 is 0 Å². The lowest BCUT2D eigenvalue weighted by molar-refractivity contribution is -0.128. The van der Waals surface area contributed by atoms with E-state index in [9.17, 15) is 13.2 Å². The minimum absolute atomic E-state index is 0.0225. The van der Waals surface area contributed by atoms with E-state index in [1.165, 1.54) is 0 Å². The van der Waals surface area contributed by atoms with Crippen LogP contribution in [-0.4, -0.2) is 35.0 Å². The van der Waals surface area contributed by atoms with Crippen LogP contribution < -0.4 is 10.2 Å². The summed E-state index contributed by atoms with van der Waals surface area (Å²) in [5.41, 5.74) is 1.04. The molecule has 0 radical (unpaired) electrons. The summed E-state index contributed by atoms with van der Waals surface area (Å²) >= 11 is 0. The van der Waals surface area contributed by atoms with Crippen molar-refractivity contribution in [1.29, 1.82) is 0 Å². The first kappa shape index (κ1) is 21.0. The van der Waals surface area contributed by atoms with E-state index in [1.54, 1.807) is 51.1 Å². The molecule has 0 heterocycles. The number of nitrogens with one attached hydrogen (secondary N) is 1. The highest BCUT2D eigenvalue weighted by Crippen LogP contribution is 2.30. The van der Waals surface area contributed by atoms with Crippen LogP contribution in [0, 0.1) is 5.41 Å². The van der Waals surface area contributed by atoms with E-state index >= 15 is 0 Å². The van der Waals surface area contributed by atoms with Gasteiger partial charge in [0, 0.05) is 31.7 Å². The maximum atomic E-state index is 13.3. The maximum Gasteiger partial charge on any atom is 0.225 e. The van der Waals surface area contributed by atoms with E-state index in [4.69, 9.17) is 0 Å². The van der Waals surface area contributed by atoms with Crippen LogP contribution in [0.2, 0.25) is 0 Å². The number of anilines is 1. The van der Waals surface area contributed by atoms with Crippen LogP contribution in [0.25, 0.3) is 0 Å². The molecular formula is C21H28N2O3S.